The molecule has 0 saturated carbocycles. The highest BCUT2D eigenvalue weighted by atomic mass is 16.6. The lowest BCUT2D eigenvalue weighted by Gasteiger charge is -1.98. The third-order valence-corrected chi connectivity index (χ3v) is 3.01. The van der Waals surface area contributed by atoms with Gasteiger partial charge in [-0.1, -0.05) is 24.3 Å². The van der Waals surface area contributed by atoms with Crippen molar-refractivity contribution in [1.29, 1.82) is 0 Å². The molecule has 1 aromatic heterocycles. The molecule has 0 saturated heterocycles. The van der Waals surface area contributed by atoms with Crippen LogP contribution in [0, 0.1) is 6.92 Å². The summed E-state index contributed by atoms with van der Waals surface area (Å²) in [6.07, 6.45) is 5.01. The molecule has 98 valence electrons. The van der Waals surface area contributed by atoms with Crippen LogP contribution in [0.25, 0.3) is 6.08 Å². The summed E-state index contributed by atoms with van der Waals surface area (Å²) in [4.78, 5) is 20.1. The van der Waals surface area contributed by atoms with E-state index in [0.717, 1.165) is 11.1 Å². The molecule has 0 amide bonds. The first-order valence-electron chi connectivity index (χ1n) is 6.22. The topological polar surface area (TPSA) is 51.6 Å². The fourth-order valence-corrected chi connectivity index (χ4v) is 1.92. The molecule has 0 atom stereocenters. The van der Waals surface area contributed by atoms with E-state index < -0.39 is 5.97 Å². The van der Waals surface area contributed by atoms with Gasteiger partial charge in [0.15, 0.2) is 5.70 Å². The third-order valence-electron chi connectivity index (χ3n) is 3.01. The van der Waals surface area contributed by atoms with Gasteiger partial charge in [-0.2, -0.15) is 0 Å². The zero-order chi connectivity index (χ0) is 13.9. The molecule has 4 heteroatoms. The normalized spacial score (nSPS) is 16.1. The smallest absolute Gasteiger partial charge is 0.363 e. The van der Waals surface area contributed by atoms with Gasteiger partial charge in [-0.25, -0.2) is 9.79 Å². The Morgan fingerprint density at radius 2 is 2.00 bits per heavy atom. The number of carbonyl (C=O) groups is 1. The van der Waals surface area contributed by atoms with E-state index in [1.54, 1.807) is 30.6 Å². The molecule has 20 heavy (non-hydrogen) atoms. The van der Waals surface area contributed by atoms with E-state index >= 15 is 0 Å². The molecule has 1 aliphatic heterocycles. The van der Waals surface area contributed by atoms with Gasteiger partial charge in [0.25, 0.3) is 0 Å². The van der Waals surface area contributed by atoms with Crippen molar-refractivity contribution in [3.05, 3.63) is 71.2 Å². The average molecular weight is 264 g/mol. The molecule has 3 rings (SSSR count). The minimum absolute atomic E-state index is 0.294. The van der Waals surface area contributed by atoms with E-state index in [4.69, 9.17) is 4.74 Å². The fourth-order valence-electron chi connectivity index (χ4n) is 1.92. The summed E-state index contributed by atoms with van der Waals surface area (Å²) in [6.45, 7) is 1.98. The number of rotatable bonds is 2. The minimum atomic E-state index is -0.438. The highest BCUT2D eigenvalue weighted by Crippen LogP contribution is 2.20. The van der Waals surface area contributed by atoms with Crippen LogP contribution < -0.4 is 0 Å². The molecule has 0 bridgehead atoms. The van der Waals surface area contributed by atoms with Gasteiger partial charge in [-0.3, -0.25) is 4.98 Å². The molecule has 0 aliphatic carbocycles. The molecule has 2 heterocycles. The van der Waals surface area contributed by atoms with Crippen LogP contribution in [-0.2, 0) is 9.53 Å². The number of aliphatic imine (C=N–C) groups is 1. The third kappa shape index (κ3) is 2.36. The summed E-state index contributed by atoms with van der Waals surface area (Å²) < 4.78 is 5.17. The van der Waals surface area contributed by atoms with Gasteiger partial charge in [-0.15, -0.1) is 0 Å². The molecule has 1 aliphatic rings. The van der Waals surface area contributed by atoms with E-state index in [2.05, 4.69) is 9.98 Å². The van der Waals surface area contributed by atoms with Crippen LogP contribution >= 0.6 is 0 Å². The number of aryl methyl sites for hydroxylation is 1. The van der Waals surface area contributed by atoms with Crippen molar-refractivity contribution in [3.8, 4) is 0 Å². The molecular formula is C16H12N2O2. The number of nitrogens with zero attached hydrogens (tertiary/aromatic N) is 2. The molecule has 0 unspecified atom stereocenters. The minimum Gasteiger partial charge on any atom is -0.402 e. The number of hydrogen-bond acceptors (Lipinski definition) is 4. The lowest BCUT2D eigenvalue weighted by Crippen LogP contribution is -2.05. The summed E-state index contributed by atoms with van der Waals surface area (Å²) in [5.41, 5.74) is 3.03. The van der Waals surface area contributed by atoms with Crippen molar-refractivity contribution in [3.63, 3.8) is 0 Å². The summed E-state index contributed by atoms with van der Waals surface area (Å²) in [5, 5.41) is 0. The molecule has 0 fully saturated rings. The Bertz CT molecular complexity index is 718. The van der Waals surface area contributed by atoms with Crippen LogP contribution in [0.5, 0.6) is 0 Å². The van der Waals surface area contributed by atoms with Gasteiger partial charge in [0, 0.05) is 12.4 Å². The predicted molar refractivity (Wildman–Crippen MR) is 76.0 cm³/mol. The first kappa shape index (κ1) is 12.3. The van der Waals surface area contributed by atoms with Crippen LogP contribution in [-0.4, -0.2) is 16.9 Å². The maximum Gasteiger partial charge on any atom is 0.363 e. The molecule has 1 aromatic carbocycles. The summed E-state index contributed by atoms with van der Waals surface area (Å²) in [7, 11) is 0. The molecule has 0 spiro atoms. The maximum atomic E-state index is 11.8. The number of aromatic nitrogens is 1. The number of esters is 1. The maximum absolute atomic E-state index is 11.8. The molecule has 0 N–H and O–H groups in total. The average Bonchev–Trinajstić information content (AvgIpc) is 2.84. The van der Waals surface area contributed by atoms with Crippen molar-refractivity contribution < 1.29 is 9.53 Å². The predicted octanol–water partition coefficient (Wildman–Crippen LogP) is 2.73. The second-order valence-corrected chi connectivity index (χ2v) is 4.43. The van der Waals surface area contributed by atoms with Crippen LogP contribution in [0.1, 0.15) is 16.7 Å². The first-order valence-corrected chi connectivity index (χ1v) is 6.22. The second kappa shape index (κ2) is 5.09. The van der Waals surface area contributed by atoms with Gasteiger partial charge in [0.2, 0.25) is 5.90 Å². The van der Waals surface area contributed by atoms with Crippen LogP contribution in [0.4, 0.5) is 0 Å². The van der Waals surface area contributed by atoms with Crippen molar-refractivity contribution in [2.45, 2.75) is 6.92 Å². The molecule has 4 nitrogen and oxygen atoms in total. The summed E-state index contributed by atoms with van der Waals surface area (Å²) in [6, 6.07) is 11.4. The Morgan fingerprint density at radius 1 is 1.15 bits per heavy atom. The lowest BCUT2D eigenvalue weighted by molar-refractivity contribution is -0.129. The van der Waals surface area contributed by atoms with E-state index in [1.807, 2.05) is 31.2 Å². The van der Waals surface area contributed by atoms with Crippen LogP contribution in [0.2, 0.25) is 0 Å². The van der Waals surface area contributed by atoms with E-state index in [-0.39, 0.29) is 0 Å². The lowest BCUT2D eigenvalue weighted by atomic mass is 10.1. The Hall–Kier alpha value is -2.75. The van der Waals surface area contributed by atoms with Gasteiger partial charge in [-0.05, 0) is 36.3 Å². The molecule has 2 aromatic rings. The van der Waals surface area contributed by atoms with E-state index in [0.29, 0.717) is 17.2 Å². The molecular weight excluding hydrogens is 252 g/mol. The van der Waals surface area contributed by atoms with Gasteiger partial charge < -0.3 is 4.74 Å². The Kier molecular flexibility index (Phi) is 3.13. The fraction of sp³-hybridized carbons (Fsp3) is 0.0625. The van der Waals surface area contributed by atoms with E-state index in [9.17, 15) is 4.79 Å². The van der Waals surface area contributed by atoms with E-state index in [1.165, 1.54) is 0 Å². The Balaban J connectivity index is 1.97. The van der Waals surface area contributed by atoms with Gasteiger partial charge in [0.05, 0.1) is 5.56 Å². The van der Waals surface area contributed by atoms with Gasteiger partial charge >= 0.3 is 5.97 Å². The van der Waals surface area contributed by atoms with Crippen molar-refractivity contribution in [2.24, 2.45) is 4.99 Å². The zero-order valence-corrected chi connectivity index (χ0v) is 10.9. The number of carbonyl (C=O) groups excluding carboxylic acids is 1. The second-order valence-electron chi connectivity index (χ2n) is 4.43. The number of benzene rings is 1. The Labute approximate surface area is 116 Å². The highest BCUT2D eigenvalue weighted by molar-refractivity contribution is 6.12. The summed E-state index contributed by atoms with van der Waals surface area (Å²) in [5.74, 6) is -0.143. The standard InChI is InChI=1S/C16H12N2O2/c1-11-5-2-3-6-12(11)9-14-16(19)20-15(18-14)13-7-4-8-17-10-13/h2-10H,1H3/b14-9-. The quantitative estimate of drug-likeness (QED) is 0.619. The van der Waals surface area contributed by atoms with Gasteiger partial charge in [0.1, 0.15) is 0 Å². The number of ether oxygens (including phenoxy) is 1. The highest BCUT2D eigenvalue weighted by Gasteiger charge is 2.24. The monoisotopic (exact) mass is 264 g/mol. The van der Waals surface area contributed by atoms with Crippen molar-refractivity contribution in [1.82, 2.24) is 4.98 Å². The zero-order valence-electron chi connectivity index (χ0n) is 10.9. The van der Waals surface area contributed by atoms with Crippen molar-refractivity contribution >= 4 is 17.9 Å². The summed E-state index contributed by atoms with van der Waals surface area (Å²) >= 11 is 0. The molecule has 0 radical (unpaired) electrons. The number of cyclic esters (lactones) is 1. The number of hydrogen-bond donors (Lipinski definition) is 0. The SMILES string of the molecule is Cc1ccccc1/C=C1\N=C(c2cccnc2)OC1=O. The Morgan fingerprint density at radius 3 is 2.75 bits per heavy atom. The largest absolute Gasteiger partial charge is 0.402 e. The van der Waals surface area contributed by atoms with Crippen molar-refractivity contribution in [2.75, 3.05) is 0 Å². The van der Waals surface area contributed by atoms with Crippen LogP contribution in [0.3, 0.4) is 0 Å². The number of pyridine rings is 1. The van der Waals surface area contributed by atoms with Crippen LogP contribution in [0.15, 0.2) is 59.5 Å². The first-order chi connectivity index (χ1) is 9.74.